The molecule has 0 bridgehead atoms. The van der Waals surface area contributed by atoms with E-state index in [1.807, 2.05) is 29.8 Å². The van der Waals surface area contributed by atoms with Crippen molar-refractivity contribution in [1.29, 1.82) is 0 Å². The number of urea groups is 1. The maximum absolute atomic E-state index is 12.7. The van der Waals surface area contributed by atoms with Crippen LogP contribution in [0.5, 0.6) is 0 Å². The maximum atomic E-state index is 12.7. The van der Waals surface area contributed by atoms with Crippen LogP contribution in [-0.4, -0.2) is 33.4 Å². The van der Waals surface area contributed by atoms with Crippen molar-refractivity contribution in [3.8, 4) is 5.69 Å². The van der Waals surface area contributed by atoms with Crippen molar-refractivity contribution >= 4 is 11.8 Å². The van der Waals surface area contributed by atoms with E-state index in [4.69, 9.17) is 0 Å². The molecule has 1 aliphatic rings. The van der Waals surface area contributed by atoms with Gasteiger partial charge in [-0.05, 0) is 30.7 Å². The lowest BCUT2D eigenvalue weighted by atomic mass is 9.87. The summed E-state index contributed by atoms with van der Waals surface area (Å²) in [7, 11) is 0. The largest absolute Gasteiger partial charge is 0.335 e. The average molecular weight is 284 g/mol. The van der Waals surface area contributed by atoms with E-state index in [0.29, 0.717) is 18.5 Å². The Hall–Kier alpha value is -2.63. The van der Waals surface area contributed by atoms with Crippen molar-refractivity contribution in [2.45, 2.75) is 18.9 Å². The lowest BCUT2D eigenvalue weighted by molar-refractivity contribution is 0.0877. The predicted octanol–water partition coefficient (Wildman–Crippen LogP) is 1.52. The van der Waals surface area contributed by atoms with E-state index in [9.17, 15) is 9.59 Å². The average Bonchev–Trinajstić information content (AvgIpc) is 3.17. The van der Waals surface area contributed by atoms with Crippen LogP contribution in [0.1, 0.15) is 23.7 Å². The van der Waals surface area contributed by atoms with Gasteiger partial charge in [0, 0.05) is 30.2 Å². The SMILES string of the molecule is CCC1(C(=O)c2ccc(-n3ccnc3)cc2)CNC(=O)N1. The summed E-state index contributed by atoms with van der Waals surface area (Å²) < 4.78 is 1.86. The molecular formula is C15H16N4O2. The Bertz CT molecular complexity index is 663. The minimum atomic E-state index is -0.840. The second-order valence-corrected chi connectivity index (χ2v) is 5.09. The predicted molar refractivity (Wildman–Crippen MR) is 77.5 cm³/mol. The molecule has 1 atom stereocenters. The van der Waals surface area contributed by atoms with Crippen LogP contribution in [-0.2, 0) is 0 Å². The van der Waals surface area contributed by atoms with Crippen LogP contribution >= 0.6 is 0 Å². The Morgan fingerprint density at radius 2 is 2.14 bits per heavy atom. The Labute approximate surface area is 122 Å². The second kappa shape index (κ2) is 5.05. The third-order valence-corrected chi connectivity index (χ3v) is 3.87. The first-order chi connectivity index (χ1) is 10.1. The van der Waals surface area contributed by atoms with Gasteiger partial charge in [-0.1, -0.05) is 6.92 Å². The molecule has 1 fully saturated rings. The highest BCUT2D eigenvalue weighted by molar-refractivity contribution is 6.06. The topological polar surface area (TPSA) is 76.0 Å². The van der Waals surface area contributed by atoms with Gasteiger partial charge in [0.1, 0.15) is 5.54 Å². The molecule has 1 unspecified atom stereocenters. The maximum Gasteiger partial charge on any atom is 0.315 e. The summed E-state index contributed by atoms with van der Waals surface area (Å²) in [5.41, 5.74) is 0.682. The van der Waals surface area contributed by atoms with E-state index in [1.54, 1.807) is 24.7 Å². The molecule has 6 heteroatoms. The van der Waals surface area contributed by atoms with Gasteiger partial charge in [0.05, 0.1) is 6.33 Å². The molecule has 108 valence electrons. The number of carbonyl (C=O) groups is 2. The van der Waals surface area contributed by atoms with Gasteiger partial charge in [0.15, 0.2) is 5.78 Å². The van der Waals surface area contributed by atoms with E-state index >= 15 is 0 Å². The van der Waals surface area contributed by atoms with E-state index in [-0.39, 0.29) is 11.8 Å². The summed E-state index contributed by atoms with van der Waals surface area (Å²) in [5.74, 6) is -0.0690. The van der Waals surface area contributed by atoms with Gasteiger partial charge < -0.3 is 15.2 Å². The Morgan fingerprint density at radius 3 is 2.67 bits per heavy atom. The summed E-state index contributed by atoms with van der Waals surface area (Å²) in [6.07, 6.45) is 5.79. The van der Waals surface area contributed by atoms with Crippen molar-refractivity contribution in [2.75, 3.05) is 6.54 Å². The highest BCUT2D eigenvalue weighted by Crippen LogP contribution is 2.21. The summed E-state index contributed by atoms with van der Waals surface area (Å²) in [4.78, 5) is 28.0. The Morgan fingerprint density at radius 1 is 1.38 bits per heavy atom. The quantitative estimate of drug-likeness (QED) is 0.836. The fraction of sp³-hybridized carbons (Fsp3) is 0.267. The van der Waals surface area contributed by atoms with Gasteiger partial charge in [-0.2, -0.15) is 0 Å². The first kappa shape index (κ1) is 13.4. The van der Waals surface area contributed by atoms with Gasteiger partial charge >= 0.3 is 6.03 Å². The Kier molecular flexibility index (Phi) is 3.21. The fourth-order valence-corrected chi connectivity index (χ4v) is 2.52. The second-order valence-electron chi connectivity index (χ2n) is 5.09. The molecule has 3 rings (SSSR count). The molecule has 6 nitrogen and oxygen atoms in total. The molecule has 0 saturated carbocycles. The molecule has 0 radical (unpaired) electrons. The molecule has 1 aliphatic heterocycles. The third-order valence-electron chi connectivity index (χ3n) is 3.87. The van der Waals surface area contributed by atoms with Crippen LogP contribution in [0.2, 0.25) is 0 Å². The smallest absolute Gasteiger partial charge is 0.315 e. The highest BCUT2D eigenvalue weighted by Gasteiger charge is 2.43. The lowest BCUT2D eigenvalue weighted by Crippen LogP contribution is -2.50. The van der Waals surface area contributed by atoms with E-state index in [1.165, 1.54) is 0 Å². The van der Waals surface area contributed by atoms with Crippen LogP contribution in [0.25, 0.3) is 5.69 Å². The van der Waals surface area contributed by atoms with Gasteiger partial charge in [-0.3, -0.25) is 4.79 Å². The van der Waals surface area contributed by atoms with Crippen LogP contribution in [0.3, 0.4) is 0 Å². The molecule has 2 amide bonds. The van der Waals surface area contributed by atoms with Gasteiger partial charge in [0.2, 0.25) is 0 Å². The molecule has 2 heterocycles. The number of hydrogen-bond donors (Lipinski definition) is 2. The van der Waals surface area contributed by atoms with Crippen LogP contribution in [0.15, 0.2) is 43.0 Å². The summed E-state index contributed by atoms with van der Waals surface area (Å²) in [5, 5.41) is 5.41. The number of nitrogens with zero attached hydrogens (tertiary/aromatic N) is 2. The molecule has 1 saturated heterocycles. The van der Waals surface area contributed by atoms with Crippen molar-refractivity contribution in [3.63, 3.8) is 0 Å². The Balaban J connectivity index is 1.87. The zero-order valence-electron chi connectivity index (χ0n) is 11.7. The molecular weight excluding hydrogens is 268 g/mol. The first-order valence-electron chi connectivity index (χ1n) is 6.84. The van der Waals surface area contributed by atoms with E-state index < -0.39 is 5.54 Å². The number of amides is 2. The summed E-state index contributed by atoms with van der Waals surface area (Å²) >= 11 is 0. The van der Waals surface area contributed by atoms with Crippen LogP contribution in [0, 0.1) is 0 Å². The zero-order valence-corrected chi connectivity index (χ0v) is 11.7. The highest BCUT2D eigenvalue weighted by atomic mass is 16.2. The third kappa shape index (κ3) is 2.29. The molecule has 1 aromatic carbocycles. The minimum absolute atomic E-state index is 0.0690. The molecule has 2 aromatic rings. The normalized spacial score (nSPS) is 20.9. The van der Waals surface area contributed by atoms with Gasteiger partial charge in [-0.25, -0.2) is 9.78 Å². The van der Waals surface area contributed by atoms with Crippen molar-refractivity contribution < 1.29 is 9.59 Å². The number of Topliss-reactive ketones (excluding diaryl/α,β-unsaturated/α-hetero) is 1. The number of aromatic nitrogens is 2. The van der Waals surface area contributed by atoms with Crippen molar-refractivity contribution in [2.24, 2.45) is 0 Å². The number of carbonyl (C=O) groups excluding carboxylic acids is 2. The number of benzene rings is 1. The van der Waals surface area contributed by atoms with Crippen LogP contribution < -0.4 is 10.6 Å². The number of hydrogen-bond acceptors (Lipinski definition) is 3. The molecule has 1 aromatic heterocycles. The van der Waals surface area contributed by atoms with Crippen LogP contribution in [0.4, 0.5) is 4.79 Å². The van der Waals surface area contributed by atoms with Gasteiger partial charge in [0.25, 0.3) is 0 Å². The molecule has 2 N–H and O–H groups in total. The van der Waals surface area contributed by atoms with Gasteiger partial charge in [-0.15, -0.1) is 0 Å². The number of imidazole rings is 1. The summed E-state index contributed by atoms with van der Waals surface area (Å²) in [6.45, 7) is 2.22. The number of ketones is 1. The van der Waals surface area contributed by atoms with E-state index in [0.717, 1.165) is 5.69 Å². The first-order valence-corrected chi connectivity index (χ1v) is 6.84. The molecule has 0 spiro atoms. The van der Waals surface area contributed by atoms with Crippen molar-refractivity contribution in [1.82, 2.24) is 20.2 Å². The standard InChI is InChI=1S/C15H16N4O2/c1-2-15(9-17-14(21)18-15)13(20)11-3-5-12(6-4-11)19-8-7-16-10-19/h3-8,10H,2,9H2,1H3,(H2,17,18,21). The summed E-state index contributed by atoms with van der Waals surface area (Å²) in [6, 6.07) is 6.99. The molecule has 21 heavy (non-hydrogen) atoms. The lowest BCUT2D eigenvalue weighted by Gasteiger charge is -2.24. The minimum Gasteiger partial charge on any atom is -0.335 e. The number of rotatable bonds is 4. The zero-order chi connectivity index (χ0) is 14.9. The fourth-order valence-electron chi connectivity index (χ4n) is 2.52. The molecule has 0 aliphatic carbocycles. The van der Waals surface area contributed by atoms with E-state index in [2.05, 4.69) is 15.6 Å². The monoisotopic (exact) mass is 284 g/mol. The number of nitrogens with one attached hydrogen (secondary N) is 2. The van der Waals surface area contributed by atoms with Crippen molar-refractivity contribution in [3.05, 3.63) is 48.5 Å².